The van der Waals surface area contributed by atoms with Crippen molar-refractivity contribution < 1.29 is 4.42 Å². The van der Waals surface area contributed by atoms with E-state index in [4.69, 9.17) is 4.42 Å². The van der Waals surface area contributed by atoms with Gasteiger partial charge in [-0.25, -0.2) is 0 Å². The molecule has 0 bridgehead atoms. The van der Waals surface area contributed by atoms with Crippen LogP contribution in [0.5, 0.6) is 0 Å². The second-order valence-corrected chi connectivity index (χ2v) is 3.99. The van der Waals surface area contributed by atoms with Gasteiger partial charge in [-0.05, 0) is 41.8 Å². The van der Waals surface area contributed by atoms with Crippen LogP contribution in [0.1, 0.15) is 11.5 Å². The number of hydrogen-bond acceptors (Lipinski definition) is 2. The maximum Gasteiger partial charge on any atom is 0.256 e. The lowest BCUT2D eigenvalue weighted by molar-refractivity contribution is 0.557. The third-order valence-electron chi connectivity index (χ3n) is 2.74. The average Bonchev–Trinajstić information content (AvgIpc) is 2.90. The van der Waals surface area contributed by atoms with E-state index in [0.717, 1.165) is 16.8 Å². The van der Waals surface area contributed by atoms with Crippen molar-refractivity contribution in [2.45, 2.75) is 0 Å². The van der Waals surface area contributed by atoms with Crippen molar-refractivity contribution in [3.8, 4) is 0 Å². The molecule has 3 rings (SSSR count). The standard InChI is InChI=1S/C15H11NO2/c17-15-14-6-2-1-4-11(14)10-12(16-15)7-8-13-5-3-9-18-13/h1-10H,(H,16,17). The molecule has 0 fully saturated rings. The predicted molar refractivity (Wildman–Crippen MR) is 72.2 cm³/mol. The van der Waals surface area contributed by atoms with Crippen molar-refractivity contribution in [3.05, 3.63) is 70.5 Å². The topological polar surface area (TPSA) is 46.0 Å². The quantitative estimate of drug-likeness (QED) is 0.743. The molecule has 1 aromatic carbocycles. The fourth-order valence-corrected chi connectivity index (χ4v) is 1.88. The first-order valence-electron chi connectivity index (χ1n) is 5.66. The van der Waals surface area contributed by atoms with Crippen molar-refractivity contribution in [2.24, 2.45) is 0 Å². The lowest BCUT2D eigenvalue weighted by Gasteiger charge is -1.98. The van der Waals surface area contributed by atoms with Gasteiger partial charge in [0.15, 0.2) is 0 Å². The number of aromatic nitrogens is 1. The highest BCUT2D eigenvalue weighted by molar-refractivity contribution is 5.83. The SMILES string of the molecule is O=c1[nH]c(C=Cc2ccco2)cc2ccccc12. The predicted octanol–water partition coefficient (Wildman–Crippen LogP) is 3.29. The molecule has 0 unspecified atom stereocenters. The van der Waals surface area contributed by atoms with Crippen LogP contribution in [0.3, 0.4) is 0 Å². The Labute approximate surface area is 103 Å². The molecular weight excluding hydrogens is 226 g/mol. The van der Waals surface area contributed by atoms with Crippen LogP contribution in [-0.2, 0) is 0 Å². The van der Waals surface area contributed by atoms with Gasteiger partial charge in [0.1, 0.15) is 5.76 Å². The molecular formula is C15H11NO2. The zero-order valence-electron chi connectivity index (χ0n) is 9.59. The first-order valence-corrected chi connectivity index (χ1v) is 5.66. The number of nitrogens with one attached hydrogen (secondary N) is 1. The normalized spacial score (nSPS) is 11.3. The van der Waals surface area contributed by atoms with Gasteiger partial charge >= 0.3 is 0 Å². The monoisotopic (exact) mass is 237 g/mol. The summed E-state index contributed by atoms with van der Waals surface area (Å²) in [4.78, 5) is 14.7. The van der Waals surface area contributed by atoms with Gasteiger partial charge in [-0.15, -0.1) is 0 Å². The average molecular weight is 237 g/mol. The molecule has 88 valence electrons. The molecule has 0 aliphatic carbocycles. The summed E-state index contributed by atoms with van der Waals surface area (Å²) in [7, 11) is 0. The Morgan fingerprint density at radius 3 is 2.78 bits per heavy atom. The second-order valence-electron chi connectivity index (χ2n) is 3.99. The summed E-state index contributed by atoms with van der Waals surface area (Å²) in [5, 5.41) is 1.63. The first-order chi connectivity index (χ1) is 8.83. The van der Waals surface area contributed by atoms with Gasteiger partial charge in [-0.1, -0.05) is 18.2 Å². The molecule has 18 heavy (non-hydrogen) atoms. The van der Waals surface area contributed by atoms with Gasteiger partial charge in [0.25, 0.3) is 5.56 Å². The van der Waals surface area contributed by atoms with Crippen LogP contribution in [-0.4, -0.2) is 4.98 Å². The molecule has 0 amide bonds. The highest BCUT2D eigenvalue weighted by atomic mass is 16.3. The molecule has 2 heterocycles. The van der Waals surface area contributed by atoms with Gasteiger partial charge in [-0.3, -0.25) is 4.79 Å². The minimum atomic E-state index is -0.0767. The second kappa shape index (κ2) is 4.37. The van der Waals surface area contributed by atoms with E-state index < -0.39 is 0 Å². The lowest BCUT2D eigenvalue weighted by atomic mass is 10.1. The van der Waals surface area contributed by atoms with E-state index in [1.54, 1.807) is 6.26 Å². The number of pyridine rings is 1. The third kappa shape index (κ3) is 1.98. The minimum Gasteiger partial charge on any atom is -0.465 e. The molecule has 0 radical (unpaired) electrons. The van der Waals surface area contributed by atoms with Crippen LogP contribution in [0.25, 0.3) is 22.9 Å². The number of aromatic amines is 1. The van der Waals surface area contributed by atoms with Crippen molar-refractivity contribution in [1.29, 1.82) is 0 Å². The zero-order valence-corrected chi connectivity index (χ0v) is 9.59. The Kier molecular flexibility index (Phi) is 2.57. The number of hydrogen-bond donors (Lipinski definition) is 1. The summed E-state index contributed by atoms with van der Waals surface area (Å²) in [6, 6.07) is 13.1. The molecule has 0 aliphatic rings. The van der Waals surface area contributed by atoms with Crippen molar-refractivity contribution in [1.82, 2.24) is 4.98 Å². The first kappa shape index (κ1) is 10.6. The summed E-state index contributed by atoms with van der Waals surface area (Å²) < 4.78 is 5.19. The molecule has 3 aromatic rings. The Morgan fingerprint density at radius 1 is 1.06 bits per heavy atom. The number of furan rings is 1. The lowest BCUT2D eigenvalue weighted by Crippen LogP contribution is -2.06. The molecule has 0 saturated carbocycles. The smallest absolute Gasteiger partial charge is 0.256 e. The number of benzene rings is 1. The summed E-state index contributed by atoms with van der Waals surface area (Å²) in [5.74, 6) is 0.754. The Balaban J connectivity index is 2.06. The molecule has 0 spiro atoms. The van der Waals surface area contributed by atoms with Crippen LogP contribution >= 0.6 is 0 Å². The highest BCUT2D eigenvalue weighted by Crippen LogP contribution is 2.12. The molecule has 0 aliphatic heterocycles. The van der Waals surface area contributed by atoms with E-state index in [1.165, 1.54) is 0 Å². The fourth-order valence-electron chi connectivity index (χ4n) is 1.88. The van der Waals surface area contributed by atoms with E-state index >= 15 is 0 Å². The third-order valence-corrected chi connectivity index (χ3v) is 2.74. The fraction of sp³-hybridized carbons (Fsp3) is 0. The van der Waals surface area contributed by atoms with E-state index in [-0.39, 0.29) is 5.56 Å². The Hall–Kier alpha value is -2.55. The van der Waals surface area contributed by atoms with Crippen LogP contribution < -0.4 is 5.56 Å². The van der Waals surface area contributed by atoms with Crippen molar-refractivity contribution >= 4 is 22.9 Å². The molecule has 3 heteroatoms. The minimum absolute atomic E-state index is 0.0767. The van der Waals surface area contributed by atoms with Crippen LogP contribution in [0.2, 0.25) is 0 Å². The maximum absolute atomic E-state index is 11.8. The molecule has 0 atom stereocenters. The van der Waals surface area contributed by atoms with Crippen molar-refractivity contribution in [2.75, 3.05) is 0 Å². The summed E-state index contributed by atoms with van der Waals surface area (Å²) in [6.45, 7) is 0. The van der Waals surface area contributed by atoms with E-state index in [0.29, 0.717) is 5.39 Å². The van der Waals surface area contributed by atoms with Gasteiger partial charge in [0, 0.05) is 11.1 Å². The van der Waals surface area contributed by atoms with Gasteiger partial charge in [-0.2, -0.15) is 0 Å². The zero-order chi connectivity index (χ0) is 12.4. The Bertz CT molecular complexity index is 752. The van der Waals surface area contributed by atoms with E-state index in [9.17, 15) is 4.79 Å². The molecule has 0 saturated heterocycles. The van der Waals surface area contributed by atoms with Crippen LogP contribution in [0.15, 0.2) is 57.9 Å². The van der Waals surface area contributed by atoms with Gasteiger partial charge < -0.3 is 9.40 Å². The van der Waals surface area contributed by atoms with Crippen LogP contribution in [0, 0.1) is 0 Å². The highest BCUT2D eigenvalue weighted by Gasteiger charge is 1.98. The molecule has 3 nitrogen and oxygen atoms in total. The van der Waals surface area contributed by atoms with Crippen molar-refractivity contribution in [3.63, 3.8) is 0 Å². The largest absolute Gasteiger partial charge is 0.465 e. The number of rotatable bonds is 2. The Morgan fingerprint density at radius 2 is 1.94 bits per heavy atom. The van der Waals surface area contributed by atoms with E-state index in [1.807, 2.05) is 54.6 Å². The molecule has 2 aromatic heterocycles. The number of fused-ring (bicyclic) bond motifs is 1. The number of H-pyrrole nitrogens is 1. The summed E-state index contributed by atoms with van der Waals surface area (Å²) >= 11 is 0. The van der Waals surface area contributed by atoms with Gasteiger partial charge in [0.05, 0.1) is 6.26 Å². The van der Waals surface area contributed by atoms with E-state index in [2.05, 4.69) is 4.98 Å². The maximum atomic E-state index is 11.8. The van der Waals surface area contributed by atoms with Crippen LogP contribution in [0.4, 0.5) is 0 Å². The summed E-state index contributed by atoms with van der Waals surface area (Å²) in [5.41, 5.74) is 0.683. The van der Waals surface area contributed by atoms with Gasteiger partial charge in [0.2, 0.25) is 0 Å². The summed E-state index contributed by atoms with van der Waals surface area (Å²) in [6.07, 6.45) is 5.26. The molecule has 1 N–H and O–H groups in total.